The summed E-state index contributed by atoms with van der Waals surface area (Å²) in [5.74, 6) is -0.186. The van der Waals surface area contributed by atoms with E-state index in [1.807, 2.05) is 19.9 Å². The number of benzene rings is 1. The number of carbonyl (C=O) groups is 1. The van der Waals surface area contributed by atoms with E-state index in [2.05, 4.69) is 38.2 Å². The van der Waals surface area contributed by atoms with Crippen LogP contribution in [0.2, 0.25) is 0 Å². The SMILES string of the molecule is Cc1ccc(C(C)(C)C)cc1NC(=O)C(C)CN. The normalized spacial score (nSPS) is 13.2. The van der Waals surface area contributed by atoms with Crippen molar-refractivity contribution in [1.82, 2.24) is 0 Å². The number of nitrogens with one attached hydrogen (secondary N) is 1. The summed E-state index contributed by atoms with van der Waals surface area (Å²) in [6, 6.07) is 6.21. The number of hydrogen-bond donors (Lipinski definition) is 2. The topological polar surface area (TPSA) is 55.1 Å². The van der Waals surface area contributed by atoms with Gasteiger partial charge in [-0.1, -0.05) is 39.8 Å². The highest BCUT2D eigenvalue weighted by molar-refractivity contribution is 5.93. The maximum atomic E-state index is 11.9. The molecule has 1 unspecified atom stereocenters. The molecule has 0 spiro atoms. The molecule has 3 heteroatoms. The number of amides is 1. The third kappa shape index (κ3) is 3.57. The van der Waals surface area contributed by atoms with Crippen LogP contribution in [0.3, 0.4) is 0 Å². The van der Waals surface area contributed by atoms with Crippen molar-refractivity contribution >= 4 is 11.6 Å². The zero-order valence-corrected chi connectivity index (χ0v) is 12.0. The van der Waals surface area contributed by atoms with Gasteiger partial charge in [0, 0.05) is 18.2 Å². The van der Waals surface area contributed by atoms with E-state index in [1.165, 1.54) is 5.56 Å². The summed E-state index contributed by atoms with van der Waals surface area (Å²) in [5, 5.41) is 2.95. The van der Waals surface area contributed by atoms with Crippen LogP contribution in [0.4, 0.5) is 5.69 Å². The van der Waals surface area contributed by atoms with Gasteiger partial charge < -0.3 is 11.1 Å². The van der Waals surface area contributed by atoms with Crippen molar-refractivity contribution in [3.8, 4) is 0 Å². The van der Waals surface area contributed by atoms with Crippen LogP contribution in [0.15, 0.2) is 18.2 Å². The molecule has 0 radical (unpaired) electrons. The quantitative estimate of drug-likeness (QED) is 0.864. The van der Waals surface area contributed by atoms with Gasteiger partial charge in [0.1, 0.15) is 0 Å². The van der Waals surface area contributed by atoms with E-state index in [0.29, 0.717) is 6.54 Å². The molecular formula is C15H24N2O. The molecule has 1 aromatic carbocycles. The van der Waals surface area contributed by atoms with Crippen molar-refractivity contribution < 1.29 is 4.79 Å². The molecule has 1 amide bonds. The van der Waals surface area contributed by atoms with Crippen LogP contribution in [0, 0.1) is 12.8 Å². The lowest BCUT2D eigenvalue weighted by Crippen LogP contribution is -2.27. The fourth-order valence-electron chi connectivity index (χ4n) is 1.59. The van der Waals surface area contributed by atoms with Crippen molar-refractivity contribution in [3.63, 3.8) is 0 Å². The zero-order chi connectivity index (χ0) is 13.9. The van der Waals surface area contributed by atoms with E-state index < -0.39 is 0 Å². The van der Waals surface area contributed by atoms with Crippen LogP contribution in [-0.4, -0.2) is 12.5 Å². The summed E-state index contributed by atoms with van der Waals surface area (Å²) in [5.41, 5.74) is 8.74. The minimum absolute atomic E-state index is 0.0216. The summed E-state index contributed by atoms with van der Waals surface area (Å²) >= 11 is 0. The molecule has 0 saturated heterocycles. The fraction of sp³-hybridized carbons (Fsp3) is 0.533. The van der Waals surface area contributed by atoms with E-state index >= 15 is 0 Å². The van der Waals surface area contributed by atoms with Crippen LogP contribution in [-0.2, 0) is 10.2 Å². The summed E-state index contributed by atoms with van der Waals surface area (Å²) < 4.78 is 0. The van der Waals surface area contributed by atoms with Crippen LogP contribution in [0.5, 0.6) is 0 Å². The fourth-order valence-corrected chi connectivity index (χ4v) is 1.59. The van der Waals surface area contributed by atoms with E-state index in [9.17, 15) is 4.79 Å². The third-order valence-electron chi connectivity index (χ3n) is 3.16. The first-order valence-corrected chi connectivity index (χ1v) is 6.37. The molecule has 3 N–H and O–H groups in total. The van der Waals surface area contributed by atoms with Gasteiger partial charge in [-0.15, -0.1) is 0 Å². The molecule has 0 saturated carbocycles. The third-order valence-corrected chi connectivity index (χ3v) is 3.16. The van der Waals surface area contributed by atoms with Gasteiger partial charge in [-0.25, -0.2) is 0 Å². The lowest BCUT2D eigenvalue weighted by Gasteiger charge is -2.21. The van der Waals surface area contributed by atoms with Crippen molar-refractivity contribution in [2.24, 2.45) is 11.7 Å². The van der Waals surface area contributed by atoms with Gasteiger partial charge in [0.25, 0.3) is 0 Å². The molecule has 0 heterocycles. The Kier molecular flexibility index (Phi) is 4.52. The van der Waals surface area contributed by atoms with E-state index in [0.717, 1.165) is 11.3 Å². The molecule has 0 bridgehead atoms. The molecule has 0 fully saturated rings. The molecule has 3 nitrogen and oxygen atoms in total. The lowest BCUT2D eigenvalue weighted by molar-refractivity contribution is -0.119. The molecular weight excluding hydrogens is 224 g/mol. The van der Waals surface area contributed by atoms with Crippen molar-refractivity contribution in [2.75, 3.05) is 11.9 Å². The number of aryl methyl sites for hydroxylation is 1. The van der Waals surface area contributed by atoms with Crippen LogP contribution < -0.4 is 11.1 Å². The Bertz CT molecular complexity index is 433. The van der Waals surface area contributed by atoms with Crippen LogP contribution >= 0.6 is 0 Å². The first kappa shape index (κ1) is 14.7. The minimum Gasteiger partial charge on any atom is -0.330 e. The number of anilines is 1. The van der Waals surface area contributed by atoms with Crippen molar-refractivity contribution in [1.29, 1.82) is 0 Å². The number of rotatable bonds is 3. The van der Waals surface area contributed by atoms with Gasteiger partial charge in [-0.2, -0.15) is 0 Å². The number of nitrogens with two attached hydrogens (primary N) is 1. The Labute approximate surface area is 110 Å². The Hall–Kier alpha value is -1.35. The summed E-state index contributed by atoms with van der Waals surface area (Å²) in [7, 11) is 0. The number of hydrogen-bond acceptors (Lipinski definition) is 2. The molecule has 1 rings (SSSR count). The average molecular weight is 248 g/mol. The molecule has 0 aliphatic rings. The lowest BCUT2D eigenvalue weighted by atomic mass is 9.86. The van der Waals surface area contributed by atoms with E-state index in [1.54, 1.807) is 0 Å². The molecule has 0 aliphatic heterocycles. The Morgan fingerprint density at radius 2 is 2.00 bits per heavy atom. The van der Waals surface area contributed by atoms with Crippen molar-refractivity contribution in [3.05, 3.63) is 29.3 Å². The zero-order valence-electron chi connectivity index (χ0n) is 12.0. The second-order valence-corrected chi connectivity index (χ2v) is 5.91. The Morgan fingerprint density at radius 3 is 2.50 bits per heavy atom. The average Bonchev–Trinajstić information content (AvgIpc) is 2.29. The molecule has 1 atom stereocenters. The highest BCUT2D eigenvalue weighted by atomic mass is 16.1. The van der Waals surface area contributed by atoms with Gasteiger partial charge in [0.05, 0.1) is 0 Å². The van der Waals surface area contributed by atoms with Gasteiger partial charge in [0.2, 0.25) is 5.91 Å². The number of carbonyl (C=O) groups excluding carboxylic acids is 1. The smallest absolute Gasteiger partial charge is 0.228 e. The van der Waals surface area contributed by atoms with E-state index in [-0.39, 0.29) is 17.2 Å². The Balaban J connectivity index is 2.99. The second kappa shape index (κ2) is 5.53. The van der Waals surface area contributed by atoms with Crippen LogP contribution in [0.1, 0.15) is 38.8 Å². The highest BCUT2D eigenvalue weighted by Gasteiger charge is 2.16. The largest absolute Gasteiger partial charge is 0.330 e. The Morgan fingerprint density at radius 1 is 1.39 bits per heavy atom. The predicted molar refractivity (Wildman–Crippen MR) is 76.7 cm³/mol. The molecule has 100 valence electrons. The predicted octanol–water partition coefficient (Wildman–Crippen LogP) is 2.83. The first-order chi connectivity index (χ1) is 8.25. The molecule has 1 aromatic rings. The monoisotopic (exact) mass is 248 g/mol. The van der Waals surface area contributed by atoms with E-state index in [4.69, 9.17) is 5.73 Å². The molecule has 18 heavy (non-hydrogen) atoms. The van der Waals surface area contributed by atoms with Gasteiger partial charge in [-0.3, -0.25) is 4.79 Å². The molecule has 0 aromatic heterocycles. The summed E-state index contributed by atoms with van der Waals surface area (Å²) in [6.07, 6.45) is 0. The minimum atomic E-state index is -0.164. The van der Waals surface area contributed by atoms with Gasteiger partial charge >= 0.3 is 0 Å². The van der Waals surface area contributed by atoms with Gasteiger partial charge in [-0.05, 0) is 29.5 Å². The highest BCUT2D eigenvalue weighted by Crippen LogP contribution is 2.27. The maximum Gasteiger partial charge on any atom is 0.228 e. The summed E-state index contributed by atoms with van der Waals surface area (Å²) in [4.78, 5) is 11.9. The van der Waals surface area contributed by atoms with Crippen LogP contribution in [0.25, 0.3) is 0 Å². The van der Waals surface area contributed by atoms with Gasteiger partial charge in [0.15, 0.2) is 0 Å². The second-order valence-electron chi connectivity index (χ2n) is 5.91. The molecule has 0 aliphatic carbocycles. The summed E-state index contributed by atoms with van der Waals surface area (Å²) in [6.45, 7) is 10.7. The van der Waals surface area contributed by atoms with Crippen molar-refractivity contribution in [2.45, 2.75) is 40.0 Å². The maximum absolute atomic E-state index is 11.9. The first-order valence-electron chi connectivity index (χ1n) is 6.37. The standard InChI is InChI=1S/C15H24N2O/c1-10-6-7-12(15(3,4)5)8-13(10)17-14(18)11(2)9-16/h6-8,11H,9,16H2,1-5H3,(H,17,18).